The van der Waals surface area contributed by atoms with Crippen LogP contribution in [-0.4, -0.2) is 11.1 Å². The fraction of sp³-hybridized carbons (Fsp3) is 0.0588. The summed E-state index contributed by atoms with van der Waals surface area (Å²) in [5.41, 5.74) is 8.27. The summed E-state index contributed by atoms with van der Waals surface area (Å²) < 4.78 is 0. The molecule has 1 heterocycles. The van der Waals surface area contributed by atoms with Gasteiger partial charge in [0.2, 0.25) is 0 Å². The van der Waals surface area contributed by atoms with Crippen LogP contribution in [0, 0.1) is 0 Å². The van der Waals surface area contributed by atoms with Crippen molar-refractivity contribution < 1.29 is 9.59 Å². The fourth-order valence-corrected chi connectivity index (χ4v) is 3.51. The minimum atomic E-state index is -0.377. The molecule has 0 aliphatic carbocycles. The van der Waals surface area contributed by atoms with Crippen molar-refractivity contribution in [2.24, 2.45) is 0 Å². The third-order valence-electron chi connectivity index (χ3n) is 3.61. The second-order valence-corrected chi connectivity index (χ2v) is 6.96. The maximum Gasteiger partial charge on any atom is 0.298 e. The number of nitrogen functional groups attached to an aromatic ring is 1. The third kappa shape index (κ3) is 3.02. The van der Waals surface area contributed by atoms with Gasteiger partial charge < -0.3 is 5.73 Å². The van der Waals surface area contributed by atoms with E-state index in [-0.39, 0.29) is 16.2 Å². The van der Waals surface area contributed by atoms with Crippen LogP contribution in [0.4, 0.5) is 16.2 Å². The van der Waals surface area contributed by atoms with Crippen LogP contribution in [0.2, 0.25) is 10.0 Å². The lowest BCUT2D eigenvalue weighted by atomic mass is 10.1. The van der Waals surface area contributed by atoms with E-state index in [4.69, 9.17) is 28.9 Å². The number of hydrogen-bond donors (Lipinski definition) is 1. The Balaban J connectivity index is 2.00. The van der Waals surface area contributed by atoms with Crippen molar-refractivity contribution in [3.8, 4) is 0 Å². The van der Waals surface area contributed by atoms with E-state index in [1.165, 1.54) is 6.07 Å². The van der Waals surface area contributed by atoms with Crippen LogP contribution in [0.15, 0.2) is 47.4 Å². The number of imide groups is 1. The lowest BCUT2D eigenvalue weighted by Crippen LogP contribution is -2.27. The Labute approximate surface area is 153 Å². The highest BCUT2D eigenvalue weighted by Gasteiger charge is 2.37. The molecule has 0 aromatic heterocycles. The number of rotatable bonds is 2. The van der Waals surface area contributed by atoms with Crippen LogP contribution >= 0.6 is 35.0 Å². The van der Waals surface area contributed by atoms with Gasteiger partial charge >= 0.3 is 0 Å². The molecule has 1 fully saturated rings. The summed E-state index contributed by atoms with van der Waals surface area (Å²) in [7, 11) is 0. The molecule has 0 saturated carbocycles. The molecule has 1 aliphatic rings. The van der Waals surface area contributed by atoms with E-state index in [0.717, 1.165) is 27.8 Å². The molecule has 2 aromatic rings. The summed E-state index contributed by atoms with van der Waals surface area (Å²) in [5, 5.41) is 0.275. The van der Waals surface area contributed by atoms with Crippen LogP contribution in [-0.2, 0) is 4.79 Å². The second kappa shape index (κ2) is 6.51. The Kier molecular flexibility index (Phi) is 4.58. The zero-order chi connectivity index (χ0) is 17.4. The number of nitrogens with zero attached hydrogens (tertiary/aromatic N) is 1. The highest BCUT2D eigenvalue weighted by atomic mass is 35.5. The maximum atomic E-state index is 12.7. The van der Waals surface area contributed by atoms with Crippen LogP contribution in [0.1, 0.15) is 12.5 Å². The van der Waals surface area contributed by atoms with Gasteiger partial charge in [0.05, 0.1) is 20.6 Å². The van der Waals surface area contributed by atoms with Gasteiger partial charge in [-0.05, 0) is 60.2 Å². The van der Waals surface area contributed by atoms with E-state index in [1.807, 2.05) is 12.1 Å². The zero-order valence-electron chi connectivity index (χ0n) is 12.5. The lowest BCUT2D eigenvalue weighted by molar-refractivity contribution is -0.113. The summed E-state index contributed by atoms with van der Waals surface area (Å²) in [5.74, 6) is -0.377. The molecule has 122 valence electrons. The van der Waals surface area contributed by atoms with Gasteiger partial charge in [0.25, 0.3) is 11.1 Å². The average Bonchev–Trinajstić information content (AvgIpc) is 2.85. The first kappa shape index (κ1) is 16.9. The summed E-state index contributed by atoms with van der Waals surface area (Å²) in [6.07, 6.45) is 0. The van der Waals surface area contributed by atoms with Gasteiger partial charge in [-0.15, -0.1) is 0 Å². The molecule has 0 atom stereocenters. The minimum absolute atomic E-state index is 0.285. The smallest absolute Gasteiger partial charge is 0.298 e. The first-order chi connectivity index (χ1) is 11.4. The van der Waals surface area contributed by atoms with Gasteiger partial charge in [0.15, 0.2) is 0 Å². The number of carbonyl (C=O) groups excluding carboxylic acids is 2. The molecule has 7 heteroatoms. The third-order valence-corrected chi connectivity index (χ3v) is 5.40. The molecular formula is C17H12Cl2N2O2S. The van der Waals surface area contributed by atoms with Gasteiger partial charge in [0, 0.05) is 5.69 Å². The number of nitrogens with two attached hydrogens (primary N) is 1. The molecule has 24 heavy (non-hydrogen) atoms. The number of anilines is 2. The van der Waals surface area contributed by atoms with Gasteiger partial charge in [-0.25, -0.2) is 4.90 Å². The molecule has 0 bridgehead atoms. The van der Waals surface area contributed by atoms with Crippen molar-refractivity contribution >= 4 is 63.1 Å². The summed E-state index contributed by atoms with van der Waals surface area (Å²) >= 11 is 12.8. The Morgan fingerprint density at radius 1 is 1.04 bits per heavy atom. The molecule has 4 nitrogen and oxygen atoms in total. The standard InChI is InChI=1S/C17H12Cl2N2O2S/c1-9(10-2-4-11(20)5-3-10)15-16(22)21(17(23)24-15)12-6-7-13(18)14(19)8-12/h2-8H,20H2,1H3/b15-9-. The number of halogens is 2. The van der Waals surface area contributed by atoms with E-state index in [2.05, 4.69) is 0 Å². The number of allylic oxidation sites excluding steroid dienone is 1. The molecule has 2 aromatic carbocycles. The fourth-order valence-electron chi connectivity index (χ4n) is 2.31. The van der Waals surface area contributed by atoms with Crippen LogP contribution in [0.25, 0.3) is 5.57 Å². The van der Waals surface area contributed by atoms with Crippen molar-refractivity contribution in [2.75, 3.05) is 10.6 Å². The highest BCUT2D eigenvalue weighted by molar-refractivity contribution is 8.19. The normalized spacial score (nSPS) is 16.7. The molecule has 2 N–H and O–H groups in total. The van der Waals surface area contributed by atoms with Gasteiger partial charge in [0.1, 0.15) is 0 Å². The highest BCUT2D eigenvalue weighted by Crippen LogP contribution is 2.40. The van der Waals surface area contributed by atoms with Gasteiger partial charge in [-0.3, -0.25) is 9.59 Å². The molecular weight excluding hydrogens is 367 g/mol. The number of amides is 2. The van der Waals surface area contributed by atoms with Crippen LogP contribution in [0.5, 0.6) is 0 Å². The molecule has 1 aliphatic heterocycles. The number of carbonyl (C=O) groups is 2. The second-order valence-electron chi connectivity index (χ2n) is 5.18. The summed E-state index contributed by atoms with van der Waals surface area (Å²) in [4.78, 5) is 26.5. The maximum absolute atomic E-state index is 12.7. The first-order valence-electron chi connectivity index (χ1n) is 6.96. The summed E-state index contributed by atoms with van der Waals surface area (Å²) in [6.45, 7) is 1.80. The predicted octanol–water partition coefficient (Wildman–Crippen LogP) is 5.21. The van der Waals surface area contributed by atoms with Crippen molar-refractivity contribution in [3.63, 3.8) is 0 Å². The molecule has 0 unspecified atom stereocenters. The van der Waals surface area contributed by atoms with Crippen LogP contribution < -0.4 is 10.6 Å². The van der Waals surface area contributed by atoms with Crippen molar-refractivity contribution in [1.29, 1.82) is 0 Å². The number of thioether (sulfide) groups is 1. The average molecular weight is 379 g/mol. The monoisotopic (exact) mass is 378 g/mol. The van der Waals surface area contributed by atoms with Crippen molar-refractivity contribution in [2.45, 2.75) is 6.92 Å². The van der Waals surface area contributed by atoms with E-state index in [1.54, 1.807) is 31.2 Å². The molecule has 0 spiro atoms. The first-order valence-corrected chi connectivity index (χ1v) is 8.54. The molecule has 0 radical (unpaired) electrons. The van der Waals surface area contributed by atoms with E-state index in [0.29, 0.717) is 21.3 Å². The Morgan fingerprint density at radius 3 is 2.33 bits per heavy atom. The number of benzene rings is 2. The Hall–Kier alpha value is -1.95. The Morgan fingerprint density at radius 2 is 1.71 bits per heavy atom. The van der Waals surface area contributed by atoms with Crippen molar-refractivity contribution in [1.82, 2.24) is 0 Å². The van der Waals surface area contributed by atoms with Gasteiger partial charge in [-0.2, -0.15) is 0 Å². The molecule has 1 saturated heterocycles. The molecule has 3 rings (SSSR count). The lowest BCUT2D eigenvalue weighted by Gasteiger charge is -2.13. The molecule has 2 amide bonds. The predicted molar refractivity (Wildman–Crippen MR) is 100 cm³/mol. The van der Waals surface area contributed by atoms with Crippen molar-refractivity contribution in [3.05, 3.63) is 63.0 Å². The van der Waals surface area contributed by atoms with Crippen LogP contribution in [0.3, 0.4) is 0 Å². The summed E-state index contributed by atoms with van der Waals surface area (Å²) in [6, 6.07) is 11.8. The SMILES string of the molecule is C/C(=C1/SC(=O)N(c2ccc(Cl)c(Cl)c2)C1=O)c1ccc(N)cc1. The largest absolute Gasteiger partial charge is 0.399 e. The van der Waals surface area contributed by atoms with E-state index >= 15 is 0 Å². The minimum Gasteiger partial charge on any atom is -0.399 e. The topological polar surface area (TPSA) is 63.4 Å². The quantitative estimate of drug-likeness (QED) is 0.575. The number of hydrogen-bond acceptors (Lipinski definition) is 4. The van der Waals surface area contributed by atoms with E-state index < -0.39 is 0 Å². The Bertz CT molecular complexity index is 879. The van der Waals surface area contributed by atoms with Gasteiger partial charge in [-0.1, -0.05) is 35.3 Å². The van der Waals surface area contributed by atoms with E-state index in [9.17, 15) is 9.59 Å². The zero-order valence-corrected chi connectivity index (χ0v) is 14.9.